The van der Waals surface area contributed by atoms with Crippen LogP contribution in [0.4, 0.5) is 0 Å². The third-order valence-corrected chi connectivity index (χ3v) is 2.71. The van der Waals surface area contributed by atoms with Crippen LogP contribution in [0.1, 0.15) is 51.7 Å². The lowest BCUT2D eigenvalue weighted by Gasteiger charge is -2.08. The largest absolute Gasteiger partial charge is 0.387 e. The van der Waals surface area contributed by atoms with Crippen molar-refractivity contribution in [1.82, 2.24) is 5.32 Å². The van der Waals surface area contributed by atoms with E-state index in [1.165, 1.54) is 29.5 Å². The zero-order valence-corrected chi connectivity index (χ0v) is 13.2. The molecule has 0 atom stereocenters. The molecule has 0 saturated heterocycles. The Kier molecular flexibility index (Phi) is 10.7. The van der Waals surface area contributed by atoms with Crippen LogP contribution < -0.4 is 5.32 Å². The van der Waals surface area contributed by atoms with Crippen molar-refractivity contribution in [2.24, 2.45) is 0 Å². The van der Waals surface area contributed by atoms with Gasteiger partial charge in [-0.15, -0.1) is 0 Å². The second-order valence-electron chi connectivity index (χ2n) is 4.27. The molecule has 19 heavy (non-hydrogen) atoms. The van der Waals surface area contributed by atoms with Crippen LogP contribution in [0.15, 0.2) is 42.6 Å². The molecule has 1 heteroatoms. The SMILES string of the molecule is CC.CCCC.Cc1ccc(C2=CCNC=C2)cc1. The summed E-state index contributed by atoms with van der Waals surface area (Å²) < 4.78 is 0. The van der Waals surface area contributed by atoms with Gasteiger partial charge >= 0.3 is 0 Å². The number of hydrogen-bond donors (Lipinski definition) is 1. The first-order valence-electron chi connectivity index (χ1n) is 7.45. The summed E-state index contributed by atoms with van der Waals surface area (Å²) in [4.78, 5) is 0. The van der Waals surface area contributed by atoms with E-state index in [1.807, 2.05) is 20.0 Å². The minimum Gasteiger partial charge on any atom is -0.387 e. The van der Waals surface area contributed by atoms with Gasteiger partial charge < -0.3 is 5.32 Å². The molecule has 0 radical (unpaired) electrons. The van der Waals surface area contributed by atoms with Crippen molar-refractivity contribution in [3.63, 3.8) is 0 Å². The molecule has 106 valence electrons. The molecule has 0 spiro atoms. The van der Waals surface area contributed by atoms with Crippen LogP contribution in [0, 0.1) is 6.92 Å². The number of dihydropyridines is 1. The van der Waals surface area contributed by atoms with Gasteiger partial charge in [-0.1, -0.05) is 76.4 Å². The van der Waals surface area contributed by atoms with Crippen molar-refractivity contribution in [2.45, 2.75) is 47.5 Å². The van der Waals surface area contributed by atoms with Gasteiger partial charge in [0, 0.05) is 6.54 Å². The van der Waals surface area contributed by atoms with E-state index in [1.54, 1.807) is 0 Å². The average molecular weight is 259 g/mol. The highest BCUT2D eigenvalue weighted by atomic mass is 14.8. The van der Waals surface area contributed by atoms with Gasteiger partial charge in [0.2, 0.25) is 0 Å². The van der Waals surface area contributed by atoms with Gasteiger partial charge in [-0.2, -0.15) is 0 Å². The van der Waals surface area contributed by atoms with Gasteiger partial charge in [-0.3, -0.25) is 0 Å². The number of nitrogens with one attached hydrogen (secondary N) is 1. The quantitative estimate of drug-likeness (QED) is 0.757. The zero-order valence-electron chi connectivity index (χ0n) is 13.2. The van der Waals surface area contributed by atoms with Crippen molar-refractivity contribution in [1.29, 1.82) is 0 Å². The Labute approximate surface area is 119 Å². The normalized spacial score (nSPS) is 12.2. The average Bonchev–Trinajstić information content (AvgIpc) is 2.51. The molecule has 1 aromatic rings. The molecule has 0 saturated carbocycles. The Hall–Kier alpha value is -1.50. The van der Waals surface area contributed by atoms with Crippen LogP contribution in [-0.2, 0) is 0 Å². The van der Waals surface area contributed by atoms with E-state index in [9.17, 15) is 0 Å². The Bertz CT molecular complexity index is 369. The fourth-order valence-corrected chi connectivity index (χ4v) is 1.41. The third kappa shape index (κ3) is 7.50. The maximum atomic E-state index is 3.14. The lowest BCUT2D eigenvalue weighted by Crippen LogP contribution is -2.08. The number of aryl methyl sites for hydroxylation is 1. The van der Waals surface area contributed by atoms with Crippen LogP contribution >= 0.6 is 0 Å². The van der Waals surface area contributed by atoms with Gasteiger partial charge in [0.1, 0.15) is 0 Å². The van der Waals surface area contributed by atoms with Gasteiger partial charge in [0.25, 0.3) is 0 Å². The third-order valence-electron chi connectivity index (χ3n) is 2.71. The Balaban J connectivity index is 0.000000467. The van der Waals surface area contributed by atoms with Crippen LogP contribution in [0.3, 0.4) is 0 Å². The van der Waals surface area contributed by atoms with Crippen molar-refractivity contribution in [3.05, 3.63) is 53.7 Å². The highest BCUT2D eigenvalue weighted by Gasteiger charge is 1.99. The number of hydrogen-bond acceptors (Lipinski definition) is 1. The monoisotopic (exact) mass is 259 g/mol. The fourth-order valence-electron chi connectivity index (χ4n) is 1.41. The summed E-state index contributed by atoms with van der Waals surface area (Å²) in [7, 11) is 0. The molecule has 1 aliphatic rings. The fraction of sp³-hybridized carbons (Fsp3) is 0.444. The van der Waals surface area contributed by atoms with Gasteiger partial charge in [0.05, 0.1) is 0 Å². The highest BCUT2D eigenvalue weighted by Crippen LogP contribution is 2.17. The first kappa shape index (κ1) is 17.5. The molecular formula is C18H29N. The topological polar surface area (TPSA) is 12.0 Å². The van der Waals surface area contributed by atoms with Gasteiger partial charge in [-0.05, 0) is 30.3 Å². The Morgan fingerprint density at radius 1 is 1.00 bits per heavy atom. The van der Waals surface area contributed by atoms with E-state index in [2.05, 4.69) is 62.5 Å². The molecule has 1 N–H and O–H groups in total. The van der Waals surface area contributed by atoms with E-state index in [-0.39, 0.29) is 0 Å². The van der Waals surface area contributed by atoms with Crippen molar-refractivity contribution >= 4 is 5.57 Å². The summed E-state index contributed by atoms with van der Waals surface area (Å²) in [6.45, 7) is 11.4. The molecule has 0 aliphatic carbocycles. The second kappa shape index (κ2) is 11.6. The standard InChI is InChI=1S/C12H13N.C4H10.C2H6/c1-10-2-4-11(5-3-10)12-6-8-13-9-7-12;1-3-4-2;1-2/h2-8,13H,9H2,1H3;3-4H2,1-2H3;1-2H3. The highest BCUT2D eigenvalue weighted by molar-refractivity contribution is 5.74. The van der Waals surface area contributed by atoms with E-state index < -0.39 is 0 Å². The second-order valence-corrected chi connectivity index (χ2v) is 4.27. The number of benzene rings is 1. The minimum absolute atomic E-state index is 0.930. The van der Waals surface area contributed by atoms with Crippen LogP contribution in [-0.4, -0.2) is 6.54 Å². The van der Waals surface area contributed by atoms with Gasteiger partial charge in [-0.25, -0.2) is 0 Å². The maximum Gasteiger partial charge on any atom is 0.0334 e. The Morgan fingerprint density at radius 3 is 2.00 bits per heavy atom. The molecule has 1 heterocycles. The van der Waals surface area contributed by atoms with Gasteiger partial charge in [0.15, 0.2) is 0 Å². The first-order chi connectivity index (χ1) is 9.27. The maximum absolute atomic E-state index is 3.14. The zero-order chi connectivity index (χ0) is 14.5. The molecule has 0 bridgehead atoms. The molecule has 0 amide bonds. The number of unbranched alkanes of at least 4 members (excludes halogenated alkanes) is 1. The smallest absolute Gasteiger partial charge is 0.0334 e. The Morgan fingerprint density at radius 2 is 1.58 bits per heavy atom. The van der Waals surface area contributed by atoms with Crippen LogP contribution in [0.5, 0.6) is 0 Å². The van der Waals surface area contributed by atoms with Crippen molar-refractivity contribution in [3.8, 4) is 0 Å². The van der Waals surface area contributed by atoms with Crippen molar-refractivity contribution in [2.75, 3.05) is 6.54 Å². The van der Waals surface area contributed by atoms with Crippen LogP contribution in [0.25, 0.3) is 5.57 Å². The van der Waals surface area contributed by atoms with E-state index in [4.69, 9.17) is 0 Å². The molecule has 1 nitrogen and oxygen atoms in total. The molecule has 1 aromatic carbocycles. The predicted octanol–water partition coefficient (Wildman–Crippen LogP) is 5.33. The molecule has 0 aromatic heterocycles. The summed E-state index contributed by atoms with van der Waals surface area (Å²) in [6.07, 6.45) is 8.94. The molecular weight excluding hydrogens is 230 g/mol. The molecule has 1 aliphatic heterocycles. The van der Waals surface area contributed by atoms with E-state index >= 15 is 0 Å². The number of allylic oxidation sites excluding steroid dienone is 2. The number of rotatable bonds is 2. The molecule has 2 rings (SSSR count). The molecule has 0 unspecified atom stereocenters. The summed E-state index contributed by atoms with van der Waals surface area (Å²) in [5.41, 5.74) is 3.91. The van der Waals surface area contributed by atoms with E-state index in [0.29, 0.717) is 0 Å². The van der Waals surface area contributed by atoms with Crippen LogP contribution in [0.2, 0.25) is 0 Å². The predicted molar refractivity (Wildman–Crippen MR) is 88.2 cm³/mol. The first-order valence-corrected chi connectivity index (χ1v) is 7.45. The summed E-state index contributed by atoms with van der Waals surface area (Å²) in [5.74, 6) is 0. The lowest BCUT2D eigenvalue weighted by atomic mass is 10.0. The lowest BCUT2D eigenvalue weighted by molar-refractivity contribution is 0.886. The summed E-state index contributed by atoms with van der Waals surface area (Å²) in [6, 6.07) is 8.62. The summed E-state index contributed by atoms with van der Waals surface area (Å²) >= 11 is 0. The minimum atomic E-state index is 0.930. The van der Waals surface area contributed by atoms with E-state index in [0.717, 1.165) is 6.54 Å². The van der Waals surface area contributed by atoms with Crippen molar-refractivity contribution < 1.29 is 0 Å². The molecule has 0 fully saturated rings. The summed E-state index contributed by atoms with van der Waals surface area (Å²) in [5, 5.41) is 3.14.